The lowest BCUT2D eigenvalue weighted by molar-refractivity contribution is -0.121. The highest BCUT2D eigenvalue weighted by Crippen LogP contribution is 1.69. The van der Waals surface area contributed by atoms with Gasteiger partial charge in [-0.15, -0.1) is 0 Å². The van der Waals surface area contributed by atoms with Crippen LogP contribution in [0.25, 0.3) is 0 Å². The van der Waals surface area contributed by atoms with E-state index < -0.39 is 0 Å². The molecule has 0 atom stereocenters. The van der Waals surface area contributed by atoms with Crippen LogP contribution in [0, 0.1) is 0 Å². The van der Waals surface area contributed by atoms with E-state index >= 15 is 0 Å². The Hall–Kier alpha value is -0.610. The van der Waals surface area contributed by atoms with Gasteiger partial charge in [-0.05, 0) is 0 Å². The van der Waals surface area contributed by atoms with E-state index in [1.165, 1.54) is 0 Å². The molecule has 0 aromatic rings. The molecule has 1 amide bonds. The van der Waals surface area contributed by atoms with Crippen LogP contribution in [0.5, 0.6) is 0 Å². The first-order valence-electron chi connectivity index (χ1n) is 2.37. The standard InChI is InChI=1S/C4H8N2O.N/c7-4-3-5-1-2-6-4;/h5H,1-3H2,(H,6,7);. The van der Waals surface area contributed by atoms with Gasteiger partial charge in [-0.1, -0.05) is 0 Å². The minimum atomic E-state index is 0. The van der Waals surface area contributed by atoms with Crippen LogP contribution in [-0.2, 0) is 4.79 Å². The highest BCUT2D eigenvalue weighted by atomic mass is 16.2. The Labute approximate surface area is 48.2 Å². The predicted octanol–water partition coefficient (Wildman–Crippen LogP) is -1.77. The van der Waals surface area contributed by atoms with Crippen LogP contribution in [-0.4, -0.2) is 25.5 Å². The molecule has 0 aromatic heterocycles. The Kier molecular flexibility index (Phi) is 3.14. The minimum Gasteiger partial charge on any atom is -0.354 e. The quantitative estimate of drug-likeness (QED) is 0.391. The monoisotopic (exact) mass is 114 g/mol. The first-order chi connectivity index (χ1) is 3.39. The number of carbonyl (C=O) groups is 1. The molecule has 0 spiro atoms. The third kappa shape index (κ3) is 1.90. The summed E-state index contributed by atoms with van der Waals surface area (Å²) in [5.41, 5.74) is 0. The summed E-state index contributed by atoms with van der Waals surface area (Å²) in [5, 5.41) is 5.60. The summed E-state index contributed by atoms with van der Waals surface area (Å²) in [6, 6.07) is 0. The molecule has 4 heteroatoms. The summed E-state index contributed by atoms with van der Waals surface area (Å²) in [5.74, 6) is 0.103. The number of rotatable bonds is 0. The van der Waals surface area contributed by atoms with Crippen molar-refractivity contribution in [1.82, 2.24) is 16.8 Å². The molecule has 1 saturated heterocycles. The number of nitrogens with one attached hydrogen (secondary N) is 2. The maximum absolute atomic E-state index is 10.3. The van der Waals surface area contributed by atoms with E-state index in [2.05, 4.69) is 10.6 Å². The van der Waals surface area contributed by atoms with Crippen molar-refractivity contribution in [3.8, 4) is 0 Å². The van der Waals surface area contributed by atoms with Crippen LogP contribution in [0.15, 0.2) is 0 Å². The van der Waals surface area contributed by atoms with E-state index in [-0.39, 0.29) is 12.1 Å². The maximum atomic E-state index is 10.3. The van der Waals surface area contributed by atoms with Crippen LogP contribution in [0.1, 0.15) is 0 Å². The highest BCUT2D eigenvalue weighted by molar-refractivity contribution is 5.78. The van der Waals surface area contributed by atoms with Gasteiger partial charge in [0.25, 0.3) is 0 Å². The Morgan fingerprint density at radius 1 is 1.38 bits per heavy atom. The largest absolute Gasteiger partial charge is 0.354 e. The van der Waals surface area contributed by atoms with Crippen molar-refractivity contribution in [1.29, 1.82) is 0 Å². The van der Waals surface area contributed by atoms with Crippen molar-refractivity contribution in [3.63, 3.8) is 0 Å². The smallest absolute Gasteiger partial charge is 0.234 e. The molecule has 0 unspecified atom stereocenters. The summed E-state index contributed by atoms with van der Waals surface area (Å²) in [6.45, 7) is 2.17. The van der Waals surface area contributed by atoms with Crippen molar-refractivity contribution in [3.05, 3.63) is 0 Å². The van der Waals surface area contributed by atoms with E-state index in [1.54, 1.807) is 0 Å². The van der Waals surface area contributed by atoms with Crippen LogP contribution in [0.2, 0.25) is 0 Å². The number of hydrogen-bond donors (Lipinski definition) is 2. The molecule has 0 bridgehead atoms. The first-order valence-corrected chi connectivity index (χ1v) is 2.37. The van der Waals surface area contributed by atoms with E-state index in [9.17, 15) is 4.79 Å². The summed E-state index contributed by atoms with van der Waals surface area (Å²) in [7, 11) is 0. The van der Waals surface area contributed by atoms with Gasteiger partial charge in [0.1, 0.15) is 0 Å². The van der Waals surface area contributed by atoms with E-state index in [0.717, 1.165) is 13.1 Å². The second kappa shape index (κ2) is 3.40. The molecule has 1 fully saturated rings. The molecular formula is C4H8N3O. The zero-order chi connectivity index (χ0) is 5.11. The SMILES string of the molecule is O=C1CNCCN1.[N]. The average Bonchev–Trinajstić information content (AvgIpc) is 1.69. The second-order valence-corrected chi connectivity index (χ2v) is 1.53. The van der Waals surface area contributed by atoms with Gasteiger partial charge >= 0.3 is 0 Å². The molecule has 45 valence electrons. The molecular weight excluding hydrogens is 106 g/mol. The topological polar surface area (TPSA) is 71.6 Å². The number of hydrogen-bond acceptors (Lipinski definition) is 2. The molecule has 8 heavy (non-hydrogen) atoms. The fourth-order valence-electron chi connectivity index (χ4n) is 0.555. The average molecular weight is 114 g/mol. The number of piperazine rings is 1. The van der Waals surface area contributed by atoms with Gasteiger partial charge in [0.05, 0.1) is 6.54 Å². The van der Waals surface area contributed by atoms with Crippen molar-refractivity contribution in [2.24, 2.45) is 0 Å². The first kappa shape index (κ1) is 7.39. The van der Waals surface area contributed by atoms with Gasteiger partial charge < -0.3 is 10.6 Å². The predicted molar refractivity (Wildman–Crippen MR) is 28.0 cm³/mol. The summed E-state index contributed by atoms with van der Waals surface area (Å²) in [4.78, 5) is 10.3. The molecule has 0 aromatic carbocycles. The normalized spacial score (nSPS) is 18.8. The van der Waals surface area contributed by atoms with Crippen molar-refractivity contribution in [2.45, 2.75) is 0 Å². The van der Waals surface area contributed by atoms with Gasteiger partial charge in [-0.25, -0.2) is 0 Å². The fraction of sp³-hybridized carbons (Fsp3) is 0.750. The van der Waals surface area contributed by atoms with Gasteiger partial charge in [0.15, 0.2) is 0 Å². The molecule has 2 N–H and O–H groups in total. The Bertz CT molecular complexity index is 75.4. The van der Waals surface area contributed by atoms with Gasteiger partial charge in [-0.2, -0.15) is 0 Å². The van der Waals surface area contributed by atoms with Gasteiger partial charge in [0, 0.05) is 19.2 Å². The lowest BCUT2D eigenvalue weighted by Gasteiger charge is -2.11. The number of carbonyl (C=O) groups excluding carboxylic acids is 1. The zero-order valence-corrected chi connectivity index (χ0v) is 4.48. The molecule has 0 saturated carbocycles. The van der Waals surface area contributed by atoms with Crippen LogP contribution >= 0.6 is 0 Å². The third-order valence-electron chi connectivity index (χ3n) is 0.910. The highest BCUT2D eigenvalue weighted by Gasteiger charge is 2.02. The number of amides is 1. The van der Waals surface area contributed by atoms with Gasteiger partial charge in [0.2, 0.25) is 5.91 Å². The summed E-state index contributed by atoms with van der Waals surface area (Å²) in [6.07, 6.45) is 0. The second-order valence-electron chi connectivity index (χ2n) is 1.53. The maximum Gasteiger partial charge on any atom is 0.234 e. The van der Waals surface area contributed by atoms with Crippen LogP contribution in [0.3, 0.4) is 0 Å². The van der Waals surface area contributed by atoms with Gasteiger partial charge in [-0.3, -0.25) is 4.79 Å². The zero-order valence-electron chi connectivity index (χ0n) is 4.48. The van der Waals surface area contributed by atoms with Crippen molar-refractivity contribution < 1.29 is 4.79 Å². The lowest BCUT2D eigenvalue weighted by Crippen LogP contribution is -2.44. The van der Waals surface area contributed by atoms with E-state index in [0.29, 0.717) is 6.54 Å². The van der Waals surface area contributed by atoms with Crippen molar-refractivity contribution in [2.75, 3.05) is 19.6 Å². The molecule has 4 nitrogen and oxygen atoms in total. The van der Waals surface area contributed by atoms with Crippen LogP contribution in [0.4, 0.5) is 0 Å². The van der Waals surface area contributed by atoms with E-state index in [1.807, 2.05) is 0 Å². The third-order valence-corrected chi connectivity index (χ3v) is 0.910. The molecule has 1 aliphatic rings. The van der Waals surface area contributed by atoms with Crippen molar-refractivity contribution >= 4 is 5.91 Å². The Morgan fingerprint density at radius 2 is 2.12 bits per heavy atom. The minimum absolute atomic E-state index is 0. The molecule has 1 rings (SSSR count). The fourth-order valence-corrected chi connectivity index (χ4v) is 0.555. The molecule has 0 aliphatic carbocycles. The van der Waals surface area contributed by atoms with Crippen LogP contribution < -0.4 is 16.8 Å². The summed E-state index contributed by atoms with van der Waals surface area (Å²) >= 11 is 0. The number of nitrogens with zero attached hydrogens (tertiary/aromatic N) is 1. The Balaban J connectivity index is 0.000000490. The Morgan fingerprint density at radius 3 is 2.38 bits per heavy atom. The molecule has 1 heterocycles. The summed E-state index contributed by atoms with van der Waals surface area (Å²) < 4.78 is 0. The molecule has 1 aliphatic heterocycles. The lowest BCUT2D eigenvalue weighted by atomic mass is 10.4. The van der Waals surface area contributed by atoms with E-state index in [4.69, 9.17) is 0 Å². The molecule has 3 radical (unpaired) electrons.